The molecule has 1 heterocycles. The summed E-state index contributed by atoms with van der Waals surface area (Å²) in [5.74, 6) is 0.806. The summed E-state index contributed by atoms with van der Waals surface area (Å²) in [6.45, 7) is 2.00. The van der Waals surface area contributed by atoms with E-state index in [-0.39, 0.29) is 12.6 Å². The zero-order valence-electron chi connectivity index (χ0n) is 8.94. The van der Waals surface area contributed by atoms with Crippen LogP contribution in [0.1, 0.15) is 6.92 Å². The summed E-state index contributed by atoms with van der Waals surface area (Å²) in [6, 6.07) is 7.95. The molecule has 0 amide bonds. The number of hydrogen-bond acceptors (Lipinski definition) is 3. The normalized spacial score (nSPS) is 12.7. The lowest BCUT2D eigenvalue weighted by atomic mass is 10.1. The van der Waals surface area contributed by atoms with E-state index in [1.54, 1.807) is 6.20 Å². The summed E-state index contributed by atoms with van der Waals surface area (Å²) in [5, 5.41) is 14.4. The maximum Gasteiger partial charge on any atom is 0.134 e. The Labute approximate surface area is 103 Å². The second kappa shape index (κ2) is 4.80. The predicted octanol–water partition coefficient (Wildman–Crippen LogP) is 2.79. The van der Waals surface area contributed by atoms with Crippen LogP contribution in [-0.2, 0) is 0 Å². The third-order valence-electron chi connectivity index (χ3n) is 2.41. The van der Waals surface area contributed by atoms with Crippen molar-refractivity contribution in [1.29, 1.82) is 0 Å². The zero-order chi connectivity index (χ0) is 11.5. The molecule has 0 spiro atoms. The van der Waals surface area contributed by atoms with Crippen LogP contribution in [0.25, 0.3) is 10.8 Å². The van der Waals surface area contributed by atoms with Gasteiger partial charge in [0.25, 0.3) is 0 Å². The molecule has 2 rings (SSSR count). The molecule has 0 radical (unpaired) electrons. The third-order valence-corrected chi connectivity index (χ3v) is 3.10. The number of anilines is 1. The largest absolute Gasteiger partial charge is 0.394 e. The van der Waals surface area contributed by atoms with Gasteiger partial charge in [0.2, 0.25) is 0 Å². The molecule has 0 bridgehead atoms. The van der Waals surface area contributed by atoms with Gasteiger partial charge in [0.1, 0.15) is 5.82 Å². The Bertz CT molecular complexity index is 501. The van der Waals surface area contributed by atoms with Gasteiger partial charge in [-0.05, 0) is 19.1 Å². The summed E-state index contributed by atoms with van der Waals surface area (Å²) in [6.07, 6.45) is 1.76. The maximum absolute atomic E-state index is 9.02. The van der Waals surface area contributed by atoms with Crippen LogP contribution in [0.5, 0.6) is 0 Å². The van der Waals surface area contributed by atoms with Crippen LogP contribution in [0, 0.1) is 0 Å². The van der Waals surface area contributed by atoms with Crippen molar-refractivity contribution < 1.29 is 5.11 Å². The molecule has 0 aliphatic rings. The number of nitrogens with one attached hydrogen (secondary N) is 1. The Kier molecular flexibility index (Phi) is 3.41. The van der Waals surface area contributed by atoms with E-state index in [2.05, 4.69) is 26.2 Å². The fourth-order valence-electron chi connectivity index (χ4n) is 1.56. The first kappa shape index (κ1) is 11.4. The van der Waals surface area contributed by atoms with Crippen molar-refractivity contribution in [3.8, 4) is 0 Å². The number of pyridine rings is 1. The highest BCUT2D eigenvalue weighted by atomic mass is 79.9. The van der Waals surface area contributed by atoms with Crippen molar-refractivity contribution in [3.63, 3.8) is 0 Å². The summed E-state index contributed by atoms with van der Waals surface area (Å²) in [5.41, 5.74) is 0. The summed E-state index contributed by atoms with van der Waals surface area (Å²) in [7, 11) is 0. The van der Waals surface area contributed by atoms with Crippen LogP contribution in [-0.4, -0.2) is 22.7 Å². The van der Waals surface area contributed by atoms with Crippen LogP contribution >= 0.6 is 15.9 Å². The quantitative estimate of drug-likeness (QED) is 0.909. The third kappa shape index (κ3) is 2.18. The number of aliphatic hydroxyl groups is 1. The van der Waals surface area contributed by atoms with Gasteiger partial charge in [0.15, 0.2) is 0 Å². The first-order valence-corrected chi connectivity index (χ1v) is 5.92. The molecule has 16 heavy (non-hydrogen) atoms. The van der Waals surface area contributed by atoms with E-state index in [0.29, 0.717) is 0 Å². The summed E-state index contributed by atoms with van der Waals surface area (Å²) >= 11 is 3.51. The van der Waals surface area contributed by atoms with Gasteiger partial charge in [-0.1, -0.05) is 28.1 Å². The molecule has 3 nitrogen and oxygen atoms in total. The highest BCUT2D eigenvalue weighted by molar-refractivity contribution is 9.10. The summed E-state index contributed by atoms with van der Waals surface area (Å²) in [4.78, 5) is 4.29. The minimum Gasteiger partial charge on any atom is -0.394 e. The van der Waals surface area contributed by atoms with Crippen molar-refractivity contribution >= 4 is 32.5 Å². The van der Waals surface area contributed by atoms with Crippen molar-refractivity contribution in [2.24, 2.45) is 0 Å². The average Bonchev–Trinajstić information content (AvgIpc) is 2.30. The zero-order valence-corrected chi connectivity index (χ0v) is 10.5. The van der Waals surface area contributed by atoms with Crippen molar-refractivity contribution in [1.82, 2.24) is 4.98 Å². The molecular formula is C12H13BrN2O. The topological polar surface area (TPSA) is 45.1 Å². The SMILES string of the molecule is CC(CO)Nc1nccc2c(Br)cccc12. The van der Waals surface area contributed by atoms with Crippen LogP contribution < -0.4 is 5.32 Å². The number of hydrogen-bond donors (Lipinski definition) is 2. The van der Waals surface area contributed by atoms with E-state index in [1.165, 1.54) is 0 Å². The Morgan fingerprint density at radius 1 is 1.38 bits per heavy atom. The fraction of sp³-hybridized carbons (Fsp3) is 0.250. The summed E-state index contributed by atoms with van der Waals surface area (Å²) < 4.78 is 1.05. The van der Waals surface area contributed by atoms with Crippen LogP contribution in [0.3, 0.4) is 0 Å². The van der Waals surface area contributed by atoms with Crippen molar-refractivity contribution in [2.75, 3.05) is 11.9 Å². The first-order valence-electron chi connectivity index (χ1n) is 5.13. The van der Waals surface area contributed by atoms with Crippen molar-refractivity contribution in [3.05, 3.63) is 34.9 Å². The lowest BCUT2D eigenvalue weighted by Gasteiger charge is -2.13. The van der Waals surface area contributed by atoms with E-state index in [9.17, 15) is 0 Å². The minimum atomic E-state index is -0.00270. The Hall–Kier alpha value is -1.13. The molecule has 0 saturated carbocycles. The first-order chi connectivity index (χ1) is 7.72. The van der Waals surface area contributed by atoms with Gasteiger partial charge >= 0.3 is 0 Å². The molecule has 0 fully saturated rings. The number of rotatable bonds is 3. The number of fused-ring (bicyclic) bond motifs is 1. The molecule has 84 valence electrons. The smallest absolute Gasteiger partial charge is 0.134 e. The van der Waals surface area contributed by atoms with Crippen LogP contribution in [0.2, 0.25) is 0 Å². The van der Waals surface area contributed by atoms with Crippen LogP contribution in [0.15, 0.2) is 34.9 Å². The fourth-order valence-corrected chi connectivity index (χ4v) is 2.06. The standard InChI is InChI=1S/C12H13BrN2O/c1-8(7-16)15-12-10-3-2-4-11(13)9(10)5-6-14-12/h2-6,8,16H,7H2,1H3,(H,14,15). The molecule has 1 unspecified atom stereocenters. The molecule has 1 aromatic heterocycles. The lowest BCUT2D eigenvalue weighted by molar-refractivity contribution is 0.281. The number of aromatic nitrogens is 1. The predicted molar refractivity (Wildman–Crippen MR) is 69.6 cm³/mol. The number of aliphatic hydroxyl groups excluding tert-OH is 1. The molecule has 0 saturated heterocycles. The second-order valence-corrected chi connectivity index (χ2v) is 4.58. The van der Waals surface area contributed by atoms with Gasteiger partial charge < -0.3 is 10.4 Å². The van der Waals surface area contributed by atoms with Crippen LogP contribution in [0.4, 0.5) is 5.82 Å². The molecule has 2 aromatic rings. The van der Waals surface area contributed by atoms with Gasteiger partial charge in [0, 0.05) is 27.5 Å². The molecule has 1 aromatic carbocycles. The number of nitrogens with zero attached hydrogens (tertiary/aromatic N) is 1. The molecule has 4 heteroatoms. The van der Waals surface area contributed by atoms with E-state index in [0.717, 1.165) is 21.1 Å². The maximum atomic E-state index is 9.02. The monoisotopic (exact) mass is 280 g/mol. The Morgan fingerprint density at radius 3 is 2.94 bits per heavy atom. The highest BCUT2D eigenvalue weighted by Gasteiger charge is 2.06. The second-order valence-electron chi connectivity index (χ2n) is 3.72. The van der Waals surface area contributed by atoms with Gasteiger partial charge in [-0.15, -0.1) is 0 Å². The van der Waals surface area contributed by atoms with Gasteiger partial charge in [-0.3, -0.25) is 0 Å². The van der Waals surface area contributed by atoms with E-state index >= 15 is 0 Å². The Morgan fingerprint density at radius 2 is 2.19 bits per heavy atom. The molecule has 1 atom stereocenters. The van der Waals surface area contributed by atoms with Gasteiger partial charge in [-0.25, -0.2) is 4.98 Å². The molecular weight excluding hydrogens is 268 g/mol. The number of benzene rings is 1. The lowest BCUT2D eigenvalue weighted by Crippen LogP contribution is -2.20. The minimum absolute atomic E-state index is 0.00270. The van der Waals surface area contributed by atoms with Crippen molar-refractivity contribution in [2.45, 2.75) is 13.0 Å². The molecule has 2 N–H and O–H groups in total. The van der Waals surface area contributed by atoms with E-state index in [4.69, 9.17) is 5.11 Å². The Balaban J connectivity index is 2.50. The van der Waals surface area contributed by atoms with Gasteiger partial charge in [0.05, 0.1) is 6.61 Å². The van der Waals surface area contributed by atoms with E-state index < -0.39 is 0 Å². The molecule has 0 aliphatic carbocycles. The highest BCUT2D eigenvalue weighted by Crippen LogP contribution is 2.27. The molecule has 0 aliphatic heterocycles. The van der Waals surface area contributed by atoms with Gasteiger partial charge in [-0.2, -0.15) is 0 Å². The number of halogens is 1. The average molecular weight is 281 g/mol. The van der Waals surface area contributed by atoms with E-state index in [1.807, 2.05) is 31.2 Å².